The highest BCUT2D eigenvalue weighted by Crippen LogP contribution is 2.22. The number of aromatic nitrogens is 3. The van der Waals surface area contributed by atoms with E-state index in [0.29, 0.717) is 5.56 Å². The van der Waals surface area contributed by atoms with Gasteiger partial charge in [-0.15, -0.1) is 0 Å². The van der Waals surface area contributed by atoms with E-state index < -0.39 is 0 Å². The number of nitrogens with one attached hydrogen (secondary N) is 1. The van der Waals surface area contributed by atoms with Crippen LogP contribution >= 0.6 is 0 Å². The monoisotopic (exact) mass is 384 g/mol. The maximum absolute atomic E-state index is 13.1. The summed E-state index contributed by atoms with van der Waals surface area (Å²) in [5, 5.41) is 7.85. The molecule has 146 valence electrons. The molecular weight excluding hydrogens is 360 g/mol. The van der Waals surface area contributed by atoms with E-state index in [1.54, 1.807) is 6.20 Å². The van der Waals surface area contributed by atoms with Crippen LogP contribution in [-0.4, -0.2) is 20.5 Å². The highest BCUT2D eigenvalue weighted by molar-refractivity contribution is 5.95. The predicted molar refractivity (Wildman–Crippen MR) is 115 cm³/mol. The second-order valence-corrected chi connectivity index (χ2v) is 7.14. The van der Waals surface area contributed by atoms with Crippen molar-refractivity contribution in [2.24, 2.45) is 0 Å². The molecule has 5 heteroatoms. The number of hydrogen-bond donors (Lipinski definition) is 1. The van der Waals surface area contributed by atoms with E-state index in [9.17, 15) is 4.79 Å². The largest absolute Gasteiger partial charge is 0.345 e. The Morgan fingerprint density at radius 1 is 1.07 bits per heavy atom. The number of hydrogen-bond acceptors (Lipinski definition) is 3. The first-order chi connectivity index (χ1) is 14.2. The topological polar surface area (TPSA) is 59.3 Å². The summed E-state index contributed by atoms with van der Waals surface area (Å²) in [7, 11) is 0. The molecule has 2 aromatic heterocycles. The maximum atomic E-state index is 13.1. The fourth-order valence-corrected chi connectivity index (χ4v) is 3.50. The second-order valence-electron chi connectivity index (χ2n) is 7.14. The zero-order valence-corrected chi connectivity index (χ0v) is 16.7. The average Bonchev–Trinajstić information content (AvgIpc) is 3.20. The molecule has 0 aliphatic carbocycles. The molecule has 0 saturated carbocycles. The van der Waals surface area contributed by atoms with E-state index in [2.05, 4.69) is 17.2 Å². The summed E-state index contributed by atoms with van der Waals surface area (Å²) in [6.45, 7) is 4.09. The molecule has 0 saturated heterocycles. The van der Waals surface area contributed by atoms with Gasteiger partial charge in [-0.1, -0.05) is 74.0 Å². The third kappa shape index (κ3) is 3.90. The fraction of sp³-hybridized carbons (Fsp3) is 0.208. The van der Waals surface area contributed by atoms with Crippen LogP contribution < -0.4 is 5.32 Å². The summed E-state index contributed by atoms with van der Waals surface area (Å²) in [4.78, 5) is 17.6. The van der Waals surface area contributed by atoms with Crippen LogP contribution in [0.4, 0.5) is 0 Å². The Labute approximate surface area is 170 Å². The summed E-state index contributed by atoms with van der Waals surface area (Å²) < 4.78 is 1.81. The Balaban J connectivity index is 1.70. The van der Waals surface area contributed by atoms with Crippen molar-refractivity contribution in [1.29, 1.82) is 0 Å². The van der Waals surface area contributed by atoms with Gasteiger partial charge in [0.2, 0.25) is 0 Å². The quantitative estimate of drug-likeness (QED) is 0.517. The van der Waals surface area contributed by atoms with Crippen molar-refractivity contribution in [1.82, 2.24) is 19.9 Å². The molecule has 0 aliphatic heterocycles. The number of rotatable bonds is 6. The molecule has 0 aliphatic rings. The van der Waals surface area contributed by atoms with Gasteiger partial charge in [0.25, 0.3) is 5.91 Å². The van der Waals surface area contributed by atoms with Crippen LogP contribution in [0.5, 0.6) is 0 Å². The van der Waals surface area contributed by atoms with Crippen molar-refractivity contribution in [3.63, 3.8) is 0 Å². The lowest BCUT2D eigenvalue weighted by Crippen LogP contribution is -2.28. The number of aryl methyl sites for hydroxylation is 1. The van der Waals surface area contributed by atoms with Gasteiger partial charge in [-0.05, 0) is 18.9 Å². The molecule has 1 atom stereocenters. The highest BCUT2D eigenvalue weighted by atomic mass is 16.1. The first kappa shape index (κ1) is 18.9. The summed E-state index contributed by atoms with van der Waals surface area (Å²) >= 11 is 0. The number of amides is 1. The Morgan fingerprint density at radius 3 is 2.45 bits per heavy atom. The molecule has 4 aromatic rings. The number of carbonyl (C=O) groups excluding carboxylic acids is 1. The number of carbonyl (C=O) groups is 1. The van der Waals surface area contributed by atoms with Crippen molar-refractivity contribution in [3.05, 3.63) is 89.7 Å². The zero-order valence-electron chi connectivity index (χ0n) is 16.7. The van der Waals surface area contributed by atoms with Crippen LogP contribution in [0.3, 0.4) is 0 Å². The molecule has 0 bridgehead atoms. The molecular formula is C24H24N4O. The average molecular weight is 384 g/mol. The van der Waals surface area contributed by atoms with Gasteiger partial charge in [-0.25, -0.2) is 9.50 Å². The van der Waals surface area contributed by atoms with E-state index in [0.717, 1.165) is 41.0 Å². The maximum Gasteiger partial charge on any atom is 0.255 e. The van der Waals surface area contributed by atoms with Crippen molar-refractivity contribution in [3.8, 4) is 11.3 Å². The standard InChI is InChI=1S/C24H24N4O/c1-3-10-22-20(24(29)26-17(2)18-11-6-4-7-12-18)16-25-23-15-21(27-28(22)23)19-13-8-5-9-14-19/h4-9,11-17H,3,10H2,1-2H3,(H,26,29). The van der Waals surface area contributed by atoms with Crippen LogP contribution in [0.25, 0.3) is 16.9 Å². The van der Waals surface area contributed by atoms with E-state index in [-0.39, 0.29) is 11.9 Å². The lowest BCUT2D eigenvalue weighted by Gasteiger charge is -2.16. The molecule has 29 heavy (non-hydrogen) atoms. The van der Waals surface area contributed by atoms with Gasteiger partial charge in [0, 0.05) is 17.8 Å². The van der Waals surface area contributed by atoms with E-state index in [1.165, 1.54) is 0 Å². The van der Waals surface area contributed by atoms with Gasteiger partial charge >= 0.3 is 0 Å². The summed E-state index contributed by atoms with van der Waals surface area (Å²) in [6, 6.07) is 21.8. The van der Waals surface area contributed by atoms with Gasteiger partial charge in [-0.2, -0.15) is 5.10 Å². The molecule has 4 rings (SSSR count). The van der Waals surface area contributed by atoms with Crippen LogP contribution in [0, 0.1) is 0 Å². The number of benzene rings is 2. The molecule has 2 aromatic carbocycles. The van der Waals surface area contributed by atoms with Crippen LogP contribution in [0.2, 0.25) is 0 Å². The third-order valence-electron chi connectivity index (χ3n) is 5.03. The predicted octanol–water partition coefficient (Wildman–Crippen LogP) is 4.84. The summed E-state index contributed by atoms with van der Waals surface area (Å²) in [5.74, 6) is -0.129. The summed E-state index contributed by atoms with van der Waals surface area (Å²) in [6.07, 6.45) is 3.33. The van der Waals surface area contributed by atoms with E-state index >= 15 is 0 Å². The molecule has 0 radical (unpaired) electrons. The van der Waals surface area contributed by atoms with Gasteiger partial charge in [-0.3, -0.25) is 4.79 Å². The lowest BCUT2D eigenvalue weighted by atomic mass is 10.1. The minimum absolute atomic E-state index is 0.0913. The van der Waals surface area contributed by atoms with Crippen LogP contribution in [-0.2, 0) is 6.42 Å². The van der Waals surface area contributed by atoms with E-state index in [1.807, 2.05) is 78.2 Å². The molecule has 0 fully saturated rings. The van der Waals surface area contributed by atoms with E-state index in [4.69, 9.17) is 5.10 Å². The highest BCUT2D eigenvalue weighted by Gasteiger charge is 2.19. The Bertz CT molecular complexity index is 1120. The molecule has 0 spiro atoms. The van der Waals surface area contributed by atoms with Crippen LogP contribution in [0.1, 0.15) is 47.9 Å². The van der Waals surface area contributed by atoms with Gasteiger partial charge in [0.1, 0.15) is 0 Å². The minimum atomic E-state index is -0.129. The fourth-order valence-electron chi connectivity index (χ4n) is 3.50. The normalized spacial score (nSPS) is 12.1. The first-order valence-electron chi connectivity index (χ1n) is 9.96. The van der Waals surface area contributed by atoms with Crippen molar-refractivity contribution < 1.29 is 4.79 Å². The van der Waals surface area contributed by atoms with Crippen molar-refractivity contribution >= 4 is 11.6 Å². The van der Waals surface area contributed by atoms with Gasteiger partial charge < -0.3 is 5.32 Å². The molecule has 2 heterocycles. The van der Waals surface area contributed by atoms with Crippen molar-refractivity contribution in [2.45, 2.75) is 32.7 Å². The number of nitrogens with zero attached hydrogens (tertiary/aromatic N) is 3. The Hall–Kier alpha value is -3.47. The van der Waals surface area contributed by atoms with Crippen LogP contribution in [0.15, 0.2) is 72.9 Å². The molecule has 1 unspecified atom stereocenters. The first-order valence-corrected chi connectivity index (χ1v) is 9.96. The Morgan fingerprint density at radius 2 is 1.76 bits per heavy atom. The number of fused-ring (bicyclic) bond motifs is 1. The zero-order chi connectivity index (χ0) is 20.2. The summed E-state index contributed by atoms with van der Waals surface area (Å²) in [5.41, 5.74) is 5.16. The minimum Gasteiger partial charge on any atom is -0.345 e. The third-order valence-corrected chi connectivity index (χ3v) is 5.03. The second kappa shape index (κ2) is 8.27. The Kier molecular flexibility index (Phi) is 5.38. The molecule has 5 nitrogen and oxygen atoms in total. The van der Waals surface area contributed by atoms with Gasteiger partial charge in [0.05, 0.1) is 23.0 Å². The van der Waals surface area contributed by atoms with Crippen molar-refractivity contribution in [2.75, 3.05) is 0 Å². The van der Waals surface area contributed by atoms with Gasteiger partial charge in [0.15, 0.2) is 5.65 Å². The lowest BCUT2D eigenvalue weighted by molar-refractivity contribution is 0.0937. The smallest absolute Gasteiger partial charge is 0.255 e. The molecule has 1 N–H and O–H groups in total. The molecule has 1 amide bonds. The SMILES string of the molecule is CCCc1c(C(=O)NC(C)c2ccccc2)cnc2cc(-c3ccccc3)nn12.